The van der Waals surface area contributed by atoms with Gasteiger partial charge in [-0.3, -0.25) is 14.5 Å². The first kappa shape index (κ1) is 22.8. The molecule has 0 spiro atoms. The summed E-state index contributed by atoms with van der Waals surface area (Å²) in [6.45, 7) is 5.37. The Kier molecular flexibility index (Phi) is 7.06. The lowest BCUT2D eigenvalue weighted by molar-refractivity contribution is -0.132. The smallest absolute Gasteiger partial charge is 0.237 e. The Morgan fingerprint density at radius 3 is 2.62 bits per heavy atom. The Bertz CT molecular complexity index is 964. The molecule has 0 saturated carbocycles. The van der Waals surface area contributed by atoms with Crippen LogP contribution < -0.4 is 15.5 Å². The normalized spacial score (nSPS) is 25.2. The number of nitrogens with one attached hydrogen (secondary N) is 2. The highest BCUT2D eigenvalue weighted by molar-refractivity contribution is 5.83. The summed E-state index contributed by atoms with van der Waals surface area (Å²) < 4.78 is 0. The maximum absolute atomic E-state index is 12.9. The van der Waals surface area contributed by atoms with Gasteiger partial charge < -0.3 is 20.4 Å². The number of hydrogen-bond donors (Lipinski definition) is 2. The first-order valence-corrected chi connectivity index (χ1v) is 12.4. The lowest BCUT2D eigenvalue weighted by atomic mass is 10.0. The van der Waals surface area contributed by atoms with E-state index in [4.69, 9.17) is 0 Å². The number of benzene rings is 1. The molecule has 34 heavy (non-hydrogen) atoms. The Hall–Kier alpha value is -2.97. The highest BCUT2D eigenvalue weighted by Gasteiger charge is 2.43. The summed E-state index contributed by atoms with van der Waals surface area (Å²) in [6.07, 6.45) is 3.93. The van der Waals surface area contributed by atoms with Gasteiger partial charge in [0, 0.05) is 70.5 Å². The lowest BCUT2D eigenvalue weighted by Gasteiger charge is -2.38. The van der Waals surface area contributed by atoms with Crippen molar-refractivity contribution >= 4 is 17.6 Å². The van der Waals surface area contributed by atoms with Crippen molar-refractivity contribution in [3.8, 4) is 0 Å². The molecule has 2 aromatic rings. The van der Waals surface area contributed by atoms with Crippen molar-refractivity contribution in [2.45, 2.75) is 43.9 Å². The highest BCUT2D eigenvalue weighted by Crippen LogP contribution is 2.26. The molecule has 0 aliphatic carbocycles. The molecule has 180 valence electrons. The summed E-state index contributed by atoms with van der Waals surface area (Å²) in [5.41, 5.74) is 1.25. The zero-order chi connectivity index (χ0) is 23.3. The van der Waals surface area contributed by atoms with Gasteiger partial charge >= 0.3 is 0 Å². The van der Waals surface area contributed by atoms with E-state index in [1.165, 1.54) is 5.56 Å². The van der Waals surface area contributed by atoms with Crippen molar-refractivity contribution in [3.63, 3.8) is 0 Å². The third kappa shape index (κ3) is 5.23. The number of anilines is 1. The van der Waals surface area contributed by atoms with Crippen LogP contribution in [0.2, 0.25) is 0 Å². The van der Waals surface area contributed by atoms with Crippen LogP contribution in [0.25, 0.3) is 0 Å². The van der Waals surface area contributed by atoms with E-state index in [2.05, 4.69) is 37.6 Å². The Morgan fingerprint density at radius 2 is 1.85 bits per heavy atom. The molecule has 3 aliphatic heterocycles. The molecule has 0 unspecified atom stereocenters. The average molecular weight is 463 g/mol. The summed E-state index contributed by atoms with van der Waals surface area (Å²) in [6, 6.07) is 16.7. The van der Waals surface area contributed by atoms with Gasteiger partial charge in [-0.25, -0.2) is 4.98 Å². The first-order valence-electron chi connectivity index (χ1n) is 12.4. The lowest BCUT2D eigenvalue weighted by Crippen LogP contribution is -2.58. The molecule has 2 amide bonds. The maximum Gasteiger partial charge on any atom is 0.237 e. The van der Waals surface area contributed by atoms with Gasteiger partial charge in [0.2, 0.25) is 11.8 Å². The number of aromatic nitrogens is 1. The second-order valence-corrected chi connectivity index (χ2v) is 9.51. The second-order valence-electron chi connectivity index (χ2n) is 9.51. The van der Waals surface area contributed by atoms with Crippen LogP contribution in [-0.2, 0) is 16.1 Å². The quantitative estimate of drug-likeness (QED) is 0.645. The zero-order valence-electron chi connectivity index (χ0n) is 19.6. The van der Waals surface area contributed by atoms with Crippen LogP contribution in [0.15, 0.2) is 54.7 Å². The first-order chi connectivity index (χ1) is 16.7. The van der Waals surface area contributed by atoms with Crippen molar-refractivity contribution < 1.29 is 9.59 Å². The van der Waals surface area contributed by atoms with Gasteiger partial charge in [-0.05, 0) is 30.5 Å². The van der Waals surface area contributed by atoms with Crippen molar-refractivity contribution in [2.24, 2.45) is 0 Å². The number of piperazine rings is 2. The van der Waals surface area contributed by atoms with E-state index in [9.17, 15) is 9.59 Å². The Labute approximate surface area is 201 Å². The minimum Gasteiger partial charge on any atom is -0.353 e. The minimum absolute atomic E-state index is 0.0935. The molecule has 1 aromatic heterocycles. The topological polar surface area (TPSA) is 80.8 Å². The summed E-state index contributed by atoms with van der Waals surface area (Å²) in [7, 11) is 0. The number of amides is 2. The number of carbonyl (C=O) groups excluding carboxylic acids is 2. The number of carbonyl (C=O) groups is 2. The van der Waals surface area contributed by atoms with Crippen LogP contribution in [0.4, 0.5) is 5.82 Å². The van der Waals surface area contributed by atoms with Crippen molar-refractivity contribution in [1.29, 1.82) is 0 Å². The van der Waals surface area contributed by atoms with Crippen LogP contribution in [0.3, 0.4) is 0 Å². The van der Waals surface area contributed by atoms with Gasteiger partial charge in [-0.1, -0.05) is 36.4 Å². The van der Waals surface area contributed by atoms with Gasteiger partial charge in [0.05, 0.1) is 6.04 Å². The summed E-state index contributed by atoms with van der Waals surface area (Å²) in [5.74, 6) is 1.31. The van der Waals surface area contributed by atoms with E-state index >= 15 is 0 Å². The fourth-order valence-electron chi connectivity index (χ4n) is 5.42. The number of nitrogens with zero attached hydrogens (tertiary/aromatic N) is 4. The molecular weight excluding hydrogens is 428 g/mol. The molecule has 0 bridgehead atoms. The van der Waals surface area contributed by atoms with Crippen molar-refractivity contribution in [3.05, 3.63) is 60.3 Å². The van der Waals surface area contributed by atoms with Crippen molar-refractivity contribution in [1.82, 2.24) is 25.4 Å². The third-order valence-electron chi connectivity index (χ3n) is 7.36. The maximum atomic E-state index is 12.9. The average Bonchev–Trinajstić information content (AvgIpc) is 3.34. The van der Waals surface area contributed by atoms with Crippen LogP contribution in [0.5, 0.6) is 0 Å². The molecule has 8 heteroatoms. The van der Waals surface area contributed by atoms with Crippen LogP contribution in [0.1, 0.15) is 24.8 Å². The summed E-state index contributed by atoms with van der Waals surface area (Å²) in [5, 5.41) is 6.70. The fraction of sp³-hybridized carbons (Fsp3) is 0.500. The van der Waals surface area contributed by atoms with Crippen LogP contribution >= 0.6 is 0 Å². The third-order valence-corrected chi connectivity index (χ3v) is 7.36. The van der Waals surface area contributed by atoms with E-state index in [0.29, 0.717) is 13.0 Å². The fourth-order valence-corrected chi connectivity index (χ4v) is 5.42. The van der Waals surface area contributed by atoms with Gasteiger partial charge in [0.15, 0.2) is 0 Å². The Morgan fingerprint density at radius 1 is 1.06 bits per heavy atom. The summed E-state index contributed by atoms with van der Waals surface area (Å²) >= 11 is 0. The van der Waals surface area contributed by atoms with E-state index in [1.54, 1.807) is 0 Å². The molecule has 4 heterocycles. The molecule has 3 atom stereocenters. The highest BCUT2D eigenvalue weighted by atomic mass is 16.2. The Balaban J connectivity index is 1.10. The SMILES string of the molecule is O=C1NC[C@@H](CCC(=O)N2CCN(c3ccccn3)CC2)N2C[C@@H](NCc3ccccc3)C[C@@H]12. The molecule has 3 saturated heterocycles. The number of rotatable bonds is 7. The molecule has 3 aliphatic rings. The number of hydrogen-bond acceptors (Lipinski definition) is 6. The van der Waals surface area contributed by atoms with Gasteiger partial charge in [0.1, 0.15) is 5.82 Å². The van der Waals surface area contributed by atoms with Gasteiger partial charge in [-0.15, -0.1) is 0 Å². The summed E-state index contributed by atoms with van der Waals surface area (Å²) in [4.78, 5) is 36.4. The van der Waals surface area contributed by atoms with Gasteiger partial charge in [-0.2, -0.15) is 0 Å². The van der Waals surface area contributed by atoms with Crippen molar-refractivity contribution in [2.75, 3.05) is 44.2 Å². The molecule has 8 nitrogen and oxygen atoms in total. The zero-order valence-corrected chi connectivity index (χ0v) is 19.6. The predicted octanol–water partition coefficient (Wildman–Crippen LogP) is 1.24. The van der Waals surface area contributed by atoms with E-state index in [0.717, 1.165) is 57.9 Å². The molecule has 2 N–H and O–H groups in total. The van der Waals surface area contributed by atoms with Gasteiger partial charge in [0.25, 0.3) is 0 Å². The molecule has 3 fully saturated rings. The molecule has 5 rings (SSSR count). The monoisotopic (exact) mass is 462 g/mol. The number of pyridine rings is 1. The predicted molar refractivity (Wildman–Crippen MR) is 131 cm³/mol. The second kappa shape index (κ2) is 10.5. The molecular formula is C26H34N6O2. The van der Waals surface area contributed by atoms with Crippen LogP contribution in [0, 0.1) is 0 Å². The largest absolute Gasteiger partial charge is 0.353 e. The molecule has 0 radical (unpaired) electrons. The van der Waals surface area contributed by atoms with Crippen LogP contribution in [-0.4, -0.2) is 84.0 Å². The van der Waals surface area contributed by atoms with E-state index in [1.807, 2.05) is 47.5 Å². The number of fused-ring (bicyclic) bond motifs is 1. The minimum atomic E-state index is -0.0935. The standard InChI is InChI=1S/C26H34N6O2/c33-25(31-14-12-30(13-15-31)24-8-4-5-11-27-24)10-9-22-18-29-26(34)23-16-21(19-32(22)23)28-17-20-6-2-1-3-7-20/h1-8,11,21-23,28H,9-10,12-19H2,(H,29,34)/t21-,22+,23-/m0/s1. The van der Waals surface area contributed by atoms with E-state index in [-0.39, 0.29) is 29.9 Å². The van der Waals surface area contributed by atoms with E-state index < -0.39 is 0 Å². The molecule has 1 aromatic carbocycles.